The molecule has 0 radical (unpaired) electrons. The molecule has 5 rings (SSSR count). The molecule has 8 heteroatoms. The van der Waals surface area contributed by atoms with Crippen molar-refractivity contribution < 1.29 is 24.2 Å². The highest BCUT2D eigenvalue weighted by Gasteiger charge is 2.48. The van der Waals surface area contributed by atoms with E-state index in [0.717, 1.165) is 22.5 Å². The number of Topliss-reactive ketones (excluding diaryl/α,β-unsaturated/α-hetero) is 2. The zero-order chi connectivity index (χ0) is 27.8. The topological polar surface area (TPSA) is 96.8 Å². The van der Waals surface area contributed by atoms with Crippen LogP contribution in [0.15, 0.2) is 78.4 Å². The number of aromatic nitrogens is 1. The van der Waals surface area contributed by atoms with E-state index in [-0.39, 0.29) is 22.2 Å². The van der Waals surface area contributed by atoms with Crippen LogP contribution in [-0.2, 0) is 9.59 Å². The van der Waals surface area contributed by atoms with E-state index >= 15 is 0 Å². The standard InChI is InChI=1S/C31H26N2O5S/c1-17-13-14-18(2)24(15-17)27(35)25-26(21-9-8-12-23(16-21)38-22-10-6-5-7-11-22)33(30(37)28(25)36)31-32-19(3)29(39-31)20(4)34/h5-16,26,35H,1-4H3/b27-25+. The van der Waals surface area contributed by atoms with Gasteiger partial charge in [0.05, 0.1) is 22.2 Å². The maximum atomic E-state index is 13.6. The van der Waals surface area contributed by atoms with Gasteiger partial charge in [0.15, 0.2) is 10.9 Å². The highest BCUT2D eigenvalue weighted by atomic mass is 32.1. The summed E-state index contributed by atoms with van der Waals surface area (Å²) in [6, 6.07) is 20.8. The molecule has 1 amide bonds. The first kappa shape index (κ1) is 26.1. The van der Waals surface area contributed by atoms with Crippen LogP contribution in [0, 0.1) is 20.8 Å². The Labute approximate surface area is 230 Å². The van der Waals surface area contributed by atoms with Crippen LogP contribution in [0.2, 0.25) is 0 Å². The molecule has 0 spiro atoms. The number of aryl methyl sites for hydroxylation is 3. The number of thiazole rings is 1. The number of carbonyl (C=O) groups excluding carboxylic acids is 3. The van der Waals surface area contributed by atoms with Crippen LogP contribution < -0.4 is 9.64 Å². The summed E-state index contributed by atoms with van der Waals surface area (Å²) in [6.07, 6.45) is 0. The number of ketones is 2. The third-order valence-electron chi connectivity index (χ3n) is 6.56. The summed E-state index contributed by atoms with van der Waals surface area (Å²) in [5.74, 6) is -0.985. The van der Waals surface area contributed by atoms with Gasteiger partial charge >= 0.3 is 5.91 Å². The maximum absolute atomic E-state index is 13.6. The molecule has 2 heterocycles. The Hall–Kier alpha value is -4.56. The van der Waals surface area contributed by atoms with Crippen molar-refractivity contribution in [3.63, 3.8) is 0 Å². The molecule has 3 aromatic carbocycles. The van der Waals surface area contributed by atoms with E-state index in [2.05, 4.69) is 4.98 Å². The molecule has 4 aromatic rings. The van der Waals surface area contributed by atoms with Crippen LogP contribution >= 0.6 is 11.3 Å². The largest absolute Gasteiger partial charge is 0.507 e. The van der Waals surface area contributed by atoms with Crippen molar-refractivity contribution in [2.45, 2.75) is 33.7 Å². The van der Waals surface area contributed by atoms with Gasteiger partial charge in [-0.1, -0.05) is 59.4 Å². The third kappa shape index (κ3) is 4.86. The molecule has 1 N–H and O–H groups in total. The number of aliphatic hydroxyl groups is 1. The highest BCUT2D eigenvalue weighted by molar-refractivity contribution is 7.18. The van der Waals surface area contributed by atoms with E-state index in [1.54, 1.807) is 37.3 Å². The van der Waals surface area contributed by atoms with Crippen molar-refractivity contribution in [2.24, 2.45) is 0 Å². The maximum Gasteiger partial charge on any atom is 0.301 e. The molecule has 1 aromatic heterocycles. The fourth-order valence-corrected chi connectivity index (χ4v) is 5.65. The average Bonchev–Trinajstić information content (AvgIpc) is 3.42. The SMILES string of the molecule is CC(=O)c1sc(N2C(=O)C(=O)/C(=C(/O)c3cc(C)ccc3C)C2c2cccc(Oc3ccccc3)c2)nc1C. The normalized spacial score (nSPS) is 16.5. The molecule has 7 nitrogen and oxygen atoms in total. The van der Waals surface area contributed by atoms with E-state index in [4.69, 9.17) is 4.74 Å². The summed E-state index contributed by atoms with van der Waals surface area (Å²) in [5, 5.41) is 11.7. The first-order valence-corrected chi connectivity index (χ1v) is 13.2. The fourth-order valence-electron chi connectivity index (χ4n) is 4.67. The second-order valence-corrected chi connectivity index (χ2v) is 10.4. The van der Waals surface area contributed by atoms with E-state index in [9.17, 15) is 19.5 Å². The van der Waals surface area contributed by atoms with E-state index in [0.29, 0.717) is 33.2 Å². The predicted molar refractivity (Wildman–Crippen MR) is 151 cm³/mol. The van der Waals surface area contributed by atoms with Crippen LogP contribution in [0.5, 0.6) is 11.5 Å². The number of nitrogens with zero attached hydrogens (tertiary/aromatic N) is 2. The van der Waals surface area contributed by atoms with E-state index in [1.165, 1.54) is 11.8 Å². The smallest absolute Gasteiger partial charge is 0.301 e. The van der Waals surface area contributed by atoms with Gasteiger partial charge in [0, 0.05) is 12.5 Å². The molecule has 1 fully saturated rings. The second-order valence-electron chi connectivity index (χ2n) is 9.44. The number of rotatable bonds is 6. The summed E-state index contributed by atoms with van der Waals surface area (Å²) < 4.78 is 6.02. The van der Waals surface area contributed by atoms with Gasteiger partial charge in [-0.3, -0.25) is 19.3 Å². The van der Waals surface area contributed by atoms with Crippen molar-refractivity contribution >= 4 is 39.7 Å². The summed E-state index contributed by atoms with van der Waals surface area (Å²) in [4.78, 5) is 45.4. The molecule has 1 saturated heterocycles. The average molecular weight is 539 g/mol. The number of amides is 1. The van der Waals surface area contributed by atoms with Gasteiger partial charge in [-0.25, -0.2) is 4.98 Å². The van der Waals surface area contributed by atoms with Crippen LogP contribution in [0.1, 0.15) is 50.6 Å². The molecule has 0 aliphatic carbocycles. The highest BCUT2D eigenvalue weighted by Crippen LogP contribution is 2.45. The summed E-state index contributed by atoms with van der Waals surface area (Å²) in [7, 11) is 0. The fraction of sp³-hybridized carbons (Fsp3) is 0.161. The zero-order valence-electron chi connectivity index (χ0n) is 21.9. The Kier molecular flexibility index (Phi) is 6.89. The summed E-state index contributed by atoms with van der Waals surface area (Å²) in [6.45, 7) is 6.84. The van der Waals surface area contributed by atoms with Gasteiger partial charge < -0.3 is 9.84 Å². The molecule has 0 saturated carbocycles. The van der Waals surface area contributed by atoms with Crippen molar-refractivity contribution in [1.29, 1.82) is 0 Å². The molecule has 1 unspecified atom stereocenters. The van der Waals surface area contributed by atoms with E-state index in [1.807, 2.05) is 56.3 Å². The Balaban J connectivity index is 1.71. The van der Waals surface area contributed by atoms with Crippen LogP contribution in [0.4, 0.5) is 5.13 Å². The van der Waals surface area contributed by atoms with Gasteiger partial charge in [-0.15, -0.1) is 0 Å². The first-order valence-electron chi connectivity index (χ1n) is 12.4. The number of benzene rings is 3. The molecule has 1 aliphatic heterocycles. The van der Waals surface area contributed by atoms with E-state index < -0.39 is 17.7 Å². The molecule has 1 aliphatic rings. The van der Waals surface area contributed by atoms with Crippen molar-refractivity contribution in [1.82, 2.24) is 4.98 Å². The number of carbonyl (C=O) groups is 3. The Morgan fingerprint density at radius 2 is 1.67 bits per heavy atom. The van der Waals surface area contributed by atoms with Crippen LogP contribution in [0.25, 0.3) is 5.76 Å². The lowest BCUT2D eigenvalue weighted by atomic mass is 9.93. The van der Waals surface area contributed by atoms with Crippen molar-refractivity contribution in [3.05, 3.63) is 111 Å². The lowest BCUT2D eigenvalue weighted by Crippen LogP contribution is -2.29. The Morgan fingerprint density at radius 3 is 2.36 bits per heavy atom. The number of ether oxygens (including phenoxy) is 1. The Bertz CT molecular complexity index is 1650. The molecule has 39 heavy (non-hydrogen) atoms. The second kappa shape index (κ2) is 10.3. The summed E-state index contributed by atoms with van der Waals surface area (Å²) >= 11 is 1.05. The quantitative estimate of drug-likeness (QED) is 0.127. The number of hydrogen-bond donors (Lipinski definition) is 1. The lowest BCUT2D eigenvalue weighted by Gasteiger charge is -2.23. The third-order valence-corrected chi connectivity index (χ3v) is 7.81. The van der Waals surface area contributed by atoms with Gasteiger partial charge in [0.1, 0.15) is 17.3 Å². The number of anilines is 1. The minimum Gasteiger partial charge on any atom is -0.507 e. The minimum atomic E-state index is -0.991. The number of para-hydroxylation sites is 1. The summed E-state index contributed by atoms with van der Waals surface area (Å²) in [5.41, 5.74) is 3.09. The van der Waals surface area contributed by atoms with Crippen molar-refractivity contribution in [2.75, 3.05) is 4.90 Å². The van der Waals surface area contributed by atoms with Gasteiger partial charge in [0.2, 0.25) is 0 Å². The van der Waals surface area contributed by atoms with Gasteiger partial charge in [-0.2, -0.15) is 0 Å². The Morgan fingerprint density at radius 1 is 0.949 bits per heavy atom. The van der Waals surface area contributed by atoms with Crippen LogP contribution in [-0.4, -0.2) is 27.6 Å². The molecule has 196 valence electrons. The predicted octanol–water partition coefficient (Wildman–Crippen LogP) is 6.69. The van der Waals surface area contributed by atoms with Gasteiger partial charge in [0.25, 0.3) is 5.78 Å². The van der Waals surface area contributed by atoms with Crippen LogP contribution in [0.3, 0.4) is 0 Å². The monoisotopic (exact) mass is 538 g/mol. The number of hydrogen-bond acceptors (Lipinski definition) is 7. The first-order chi connectivity index (χ1) is 18.7. The minimum absolute atomic E-state index is 0.0530. The molecular weight excluding hydrogens is 512 g/mol. The molecule has 1 atom stereocenters. The lowest BCUT2D eigenvalue weighted by molar-refractivity contribution is -0.132. The van der Waals surface area contributed by atoms with Gasteiger partial charge in [-0.05, 0) is 62.2 Å². The molecule has 0 bridgehead atoms. The zero-order valence-corrected chi connectivity index (χ0v) is 22.7. The van der Waals surface area contributed by atoms with Crippen molar-refractivity contribution in [3.8, 4) is 11.5 Å². The molecular formula is C31H26N2O5S. The number of aliphatic hydroxyl groups excluding tert-OH is 1.